The first kappa shape index (κ1) is 11.6. The second kappa shape index (κ2) is 3.84. The van der Waals surface area contributed by atoms with Gasteiger partial charge >= 0.3 is 0 Å². The Hall–Kier alpha value is 0.1000. The van der Waals surface area contributed by atoms with Gasteiger partial charge in [0.05, 0.1) is 17.8 Å². The molecule has 2 rings (SSSR count). The predicted molar refractivity (Wildman–Crippen MR) is 65.2 cm³/mol. The largest absolute Gasteiger partial charge is 0.385 e. The molecule has 0 saturated carbocycles. The number of ether oxygens (including phenoxy) is 1. The average Bonchev–Trinajstić information content (AvgIpc) is 2.49. The first-order valence-corrected chi connectivity index (χ1v) is 6.75. The molecule has 0 aliphatic carbocycles. The van der Waals surface area contributed by atoms with Gasteiger partial charge in [-0.05, 0) is 35.2 Å². The van der Waals surface area contributed by atoms with Gasteiger partial charge in [-0.15, -0.1) is 0 Å². The molecule has 1 unspecified atom stereocenters. The minimum atomic E-state index is -0.736. The molecule has 0 spiro atoms. The second-order valence-corrected chi connectivity index (χ2v) is 6.30. The maximum absolute atomic E-state index is 10.6. The van der Waals surface area contributed by atoms with E-state index in [0.29, 0.717) is 19.4 Å². The number of hydrogen-bond donors (Lipinski definition) is 1. The van der Waals surface area contributed by atoms with E-state index in [1.807, 2.05) is 24.6 Å². The summed E-state index contributed by atoms with van der Waals surface area (Å²) < 4.78 is 6.63. The van der Waals surface area contributed by atoms with Gasteiger partial charge in [-0.3, -0.25) is 0 Å². The third-order valence-corrected chi connectivity index (χ3v) is 4.55. The summed E-state index contributed by atoms with van der Waals surface area (Å²) in [6.07, 6.45) is 1.32. The highest BCUT2D eigenvalue weighted by molar-refractivity contribution is 9.10. The lowest BCUT2D eigenvalue weighted by molar-refractivity contribution is -0.148. The highest BCUT2D eigenvalue weighted by atomic mass is 79.9. The van der Waals surface area contributed by atoms with Crippen molar-refractivity contribution in [1.82, 2.24) is 0 Å². The van der Waals surface area contributed by atoms with E-state index in [-0.39, 0.29) is 5.60 Å². The molecule has 0 amide bonds. The number of aliphatic hydroxyl groups is 1. The fraction of sp³-hybridized carbons (Fsp3) is 0.636. The van der Waals surface area contributed by atoms with Crippen molar-refractivity contribution in [2.75, 3.05) is 6.61 Å². The van der Waals surface area contributed by atoms with Gasteiger partial charge in [0.1, 0.15) is 0 Å². The Morgan fingerprint density at radius 3 is 2.73 bits per heavy atom. The fourth-order valence-electron chi connectivity index (χ4n) is 2.18. The highest BCUT2D eigenvalue weighted by Gasteiger charge is 2.41. The van der Waals surface area contributed by atoms with Crippen LogP contribution in [0.3, 0.4) is 0 Å². The van der Waals surface area contributed by atoms with Crippen LogP contribution < -0.4 is 0 Å². The zero-order valence-electron chi connectivity index (χ0n) is 8.92. The summed E-state index contributed by atoms with van der Waals surface area (Å²) in [5.41, 5.74) is 0.0264. The van der Waals surface area contributed by atoms with Crippen molar-refractivity contribution < 1.29 is 9.84 Å². The molecule has 84 valence electrons. The summed E-state index contributed by atoms with van der Waals surface area (Å²) >= 11 is 5.09. The Morgan fingerprint density at radius 1 is 1.47 bits per heavy atom. The van der Waals surface area contributed by atoms with Gasteiger partial charge in [0.2, 0.25) is 0 Å². The minimum Gasteiger partial charge on any atom is -0.385 e. The summed E-state index contributed by atoms with van der Waals surface area (Å²) in [7, 11) is 0. The lowest BCUT2D eigenvalue weighted by atomic mass is 9.80. The summed E-state index contributed by atoms with van der Waals surface area (Å²) in [5.74, 6) is 0. The third-order valence-electron chi connectivity index (χ3n) is 2.84. The van der Waals surface area contributed by atoms with Crippen molar-refractivity contribution in [3.63, 3.8) is 0 Å². The van der Waals surface area contributed by atoms with E-state index < -0.39 is 5.60 Å². The van der Waals surface area contributed by atoms with Gasteiger partial charge < -0.3 is 9.84 Å². The average molecular weight is 291 g/mol. The number of rotatable bonds is 1. The van der Waals surface area contributed by atoms with E-state index in [1.165, 1.54) is 0 Å². The molecule has 1 fully saturated rings. The Bertz CT molecular complexity index is 361. The van der Waals surface area contributed by atoms with E-state index in [2.05, 4.69) is 15.9 Å². The molecule has 1 saturated heterocycles. The molecule has 1 N–H and O–H groups in total. The first-order valence-electron chi connectivity index (χ1n) is 5.01. The zero-order valence-corrected chi connectivity index (χ0v) is 11.3. The SMILES string of the molecule is CC1(C)CC(O)(c2cscc2Br)CCO1. The molecule has 1 aromatic heterocycles. The van der Waals surface area contributed by atoms with Crippen LogP contribution in [0.25, 0.3) is 0 Å². The van der Waals surface area contributed by atoms with Crippen LogP contribution in [0.15, 0.2) is 15.2 Å². The van der Waals surface area contributed by atoms with Crippen LogP contribution in [0.1, 0.15) is 32.3 Å². The van der Waals surface area contributed by atoms with Crippen LogP contribution in [-0.4, -0.2) is 17.3 Å². The van der Waals surface area contributed by atoms with Crippen molar-refractivity contribution in [1.29, 1.82) is 0 Å². The van der Waals surface area contributed by atoms with Crippen LogP contribution in [0, 0.1) is 0 Å². The van der Waals surface area contributed by atoms with Crippen LogP contribution in [-0.2, 0) is 10.3 Å². The van der Waals surface area contributed by atoms with E-state index in [1.54, 1.807) is 11.3 Å². The van der Waals surface area contributed by atoms with Gasteiger partial charge in [0.25, 0.3) is 0 Å². The van der Waals surface area contributed by atoms with Gasteiger partial charge in [-0.2, -0.15) is 11.3 Å². The second-order valence-electron chi connectivity index (χ2n) is 4.70. The minimum absolute atomic E-state index is 0.242. The van der Waals surface area contributed by atoms with Gasteiger partial charge in [-0.1, -0.05) is 0 Å². The number of thiophene rings is 1. The van der Waals surface area contributed by atoms with Gasteiger partial charge in [0.15, 0.2) is 0 Å². The standard InChI is InChI=1S/C11H15BrO2S/c1-10(2)7-11(13,3-4-14-10)8-5-15-6-9(8)12/h5-6,13H,3-4,7H2,1-2H3. The lowest BCUT2D eigenvalue weighted by Crippen LogP contribution is -2.43. The molecule has 1 aliphatic rings. The normalized spacial score (nSPS) is 30.4. The predicted octanol–water partition coefficient (Wildman–Crippen LogP) is 3.29. The highest BCUT2D eigenvalue weighted by Crippen LogP contribution is 2.43. The van der Waals surface area contributed by atoms with E-state index in [0.717, 1.165) is 10.0 Å². The third kappa shape index (κ3) is 2.28. The maximum Gasteiger partial charge on any atom is 0.0964 e. The molecule has 1 atom stereocenters. The molecule has 1 aromatic rings. The van der Waals surface area contributed by atoms with Crippen molar-refractivity contribution in [2.45, 2.75) is 37.9 Å². The number of hydrogen-bond acceptors (Lipinski definition) is 3. The monoisotopic (exact) mass is 290 g/mol. The Balaban J connectivity index is 2.31. The van der Waals surface area contributed by atoms with Gasteiger partial charge in [-0.25, -0.2) is 0 Å². The zero-order chi connectivity index (χ0) is 11.1. The molecule has 15 heavy (non-hydrogen) atoms. The Kier molecular flexibility index (Phi) is 2.97. The van der Waals surface area contributed by atoms with Crippen LogP contribution >= 0.6 is 27.3 Å². The summed E-state index contributed by atoms with van der Waals surface area (Å²) in [5, 5.41) is 14.7. The maximum atomic E-state index is 10.6. The molecule has 0 aromatic carbocycles. The quantitative estimate of drug-likeness (QED) is 0.860. The van der Waals surface area contributed by atoms with Crippen molar-refractivity contribution in [3.05, 3.63) is 20.8 Å². The molecular weight excluding hydrogens is 276 g/mol. The molecule has 0 bridgehead atoms. The van der Waals surface area contributed by atoms with E-state index >= 15 is 0 Å². The Morgan fingerprint density at radius 2 is 2.20 bits per heavy atom. The fourth-order valence-corrected chi connectivity index (χ4v) is 3.94. The first-order chi connectivity index (χ1) is 6.93. The molecule has 4 heteroatoms. The van der Waals surface area contributed by atoms with Crippen LogP contribution in [0.4, 0.5) is 0 Å². The van der Waals surface area contributed by atoms with E-state index in [4.69, 9.17) is 4.74 Å². The summed E-state index contributed by atoms with van der Waals surface area (Å²) in [6.45, 7) is 4.67. The van der Waals surface area contributed by atoms with Crippen LogP contribution in [0.5, 0.6) is 0 Å². The molecule has 2 heterocycles. The summed E-state index contributed by atoms with van der Waals surface area (Å²) in [6, 6.07) is 0. The molecular formula is C11H15BrO2S. The molecule has 2 nitrogen and oxygen atoms in total. The Labute approximate surface area is 102 Å². The van der Waals surface area contributed by atoms with Crippen molar-refractivity contribution in [3.8, 4) is 0 Å². The van der Waals surface area contributed by atoms with Crippen molar-refractivity contribution >= 4 is 27.3 Å². The number of halogens is 1. The smallest absolute Gasteiger partial charge is 0.0964 e. The van der Waals surface area contributed by atoms with E-state index in [9.17, 15) is 5.11 Å². The van der Waals surface area contributed by atoms with Crippen molar-refractivity contribution in [2.24, 2.45) is 0 Å². The topological polar surface area (TPSA) is 29.5 Å². The molecule has 0 radical (unpaired) electrons. The molecule has 1 aliphatic heterocycles. The van der Waals surface area contributed by atoms with Crippen LogP contribution in [0.2, 0.25) is 0 Å². The summed E-state index contributed by atoms with van der Waals surface area (Å²) in [4.78, 5) is 0. The lowest BCUT2D eigenvalue weighted by Gasteiger charge is -2.41. The van der Waals surface area contributed by atoms with Gasteiger partial charge in [0, 0.05) is 28.3 Å².